The number of hydrogen-bond acceptors (Lipinski definition) is 9. The van der Waals surface area contributed by atoms with E-state index in [2.05, 4.69) is 25.6 Å². The number of carboxylic acid groups (broad SMARTS) is 1. The van der Waals surface area contributed by atoms with Crippen molar-refractivity contribution >= 4 is 17.5 Å². The van der Waals surface area contributed by atoms with E-state index in [1.807, 2.05) is 0 Å². The Balaban J connectivity index is 1.84. The zero-order chi connectivity index (χ0) is 28.1. The molecular formula is C24H25FN8O6. The van der Waals surface area contributed by atoms with Gasteiger partial charge in [-0.3, -0.25) is 15.5 Å². The third kappa shape index (κ3) is 5.72. The highest BCUT2D eigenvalue weighted by atomic mass is 19.1. The lowest BCUT2D eigenvalue weighted by molar-refractivity contribution is 0.0696. The summed E-state index contributed by atoms with van der Waals surface area (Å²) in [4.78, 5) is 26.9. The third-order valence-electron chi connectivity index (χ3n) is 5.62. The predicted octanol–water partition coefficient (Wildman–Crippen LogP) is 1.38. The number of hydrogen-bond donors (Lipinski definition) is 7. The number of ether oxygens (including phenoxy) is 2. The van der Waals surface area contributed by atoms with Crippen molar-refractivity contribution in [1.29, 1.82) is 5.41 Å². The topological polar surface area (TPSA) is 217 Å². The maximum absolute atomic E-state index is 15.8. The summed E-state index contributed by atoms with van der Waals surface area (Å²) in [5.41, 5.74) is 5.32. The molecule has 0 aliphatic rings. The van der Waals surface area contributed by atoms with Crippen molar-refractivity contribution in [3.8, 4) is 17.3 Å². The summed E-state index contributed by atoms with van der Waals surface area (Å²) in [5.74, 6) is -2.44. The molecule has 2 heterocycles. The number of nitrogens with zero attached hydrogens (tertiary/aromatic N) is 3. The molecule has 8 N–H and O–H groups in total. The maximum atomic E-state index is 15.8. The molecule has 0 saturated heterocycles. The minimum absolute atomic E-state index is 0.0204. The van der Waals surface area contributed by atoms with Gasteiger partial charge >= 0.3 is 11.7 Å². The second-order valence-corrected chi connectivity index (χ2v) is 8.19. The van der Waals surface area contributed by atoms with E-state index in [1.165, 1.54) is 19.2 Å². The number of amidine groups is 1. The molecule has 0 fully saturated rings. The van der Waals surface area contributed by atoms with E-state index in [-0.39, 0.29) is 59.7 Å². The fourth-order valence-corrected chi connectivity index (χ4v) is 3.70. The minimum atomic E-state index is -1.33. The van der Waals surface area contributed by atoms with Gasteiger partial charge in [0.15, 0.2) is 23.2 Å². The van der Waals surface area contributed by atoms with Gasteiger partial charge in [-0.05, 0) is 30.3 Å². The third-order valence-corrected chi connectivity index (χ3v) is 5.62. The summed E-state index contributed by atoms with van der Waals surface area (Å²) in [6.45, 7) is -0.114. The van der Waals surface area contributed by atoms with Gasteiger partial charge in [0.1, 0.15) is 23.2 Å². The molecule has 4 rings (SSSR count). The zero-order valence-corrected chi connectivity index (χ0v) is 20.6. The predicted molar refractivity (Wildman–Crippen MR) is 136 cm³/mol. The quantitative estimate of drug-likeness (QED) is 0.0777. The zero-order valence-electron chi connectivity index (χ0n) is 20.6. The van der Waals surface area contributed by atoms with E-state index >= 15 is 4.39 Å². The highest BCUT2D eigenvalue weighted by Crippen LogP contribution is 2.35. The Morgan fingerprint density at radius 3 is 2.69 bits per heavy atom. The number of H-pyrrole nitrogens is 2. The highest BCUT2D eigenvalue weighted by molar-refractivity contribution is 5.95. The number of aliphatic hydroxyl groups is 1. The Bertz CT molecular complexity index is 1540. The van der Waals surface area contributed by atoms with E-state index < -0.39 is 23.5 Å². The number of carboxylic acids is 1. The first-order valence-corrected chi connectivity index (χ1v) is 11.5. The number of aliphatic hydroxyl groups excluding tert-OH is 1. The number of aromatic amines is 2. The first-order valence-electron chi connectivity index (χ1n) is 11.5. The summed E-state index contributed by atoms with van der Waals surface area (Å²) in [6, 6.07) is 7.97. The molecule has 2 aromatic carbocycles. The van der Waals surface area contributed by atoms with Crippen LogP contribution in [0.1, 0.15) is 39.8 Å². The standard InChI is InChI=1S/C24H25FN8O6/c1-38-14-9-15(18(25)17(10-14)39-8-2-7-34)19(29-13-5-3-12(4-6-13)20(26)27)21-30-24(37)33(32-21)22-16(23(35)36)11-28-31-22/h3-6,9-11,19,29,34H,2,7-8H2,1H3,(H3,26,27)(H,28,31)(H,35,36)(H,30,32,37). The number of aromatic nitrogens is 5. The molecule has 1 unspecified atom stereocenters. The van der Waals surface area contributed by atoms with E-state index in [4.69, 9.17) is 25.7 Å². The summed E-state index contributed by atoms with van der Waals surface area (Å²) < 4.78 is 27.4. The van der Waals surface area contributed by atoms with Crippen LogP contribution >= 0.6 is 0 Å². The van der Waals surface area contributed by atoms with Crippen molar-refractivity contribution < 1.29 is 28.9 Å². The molecule has 15 heteroatoms. The van der Waals surface area contributed by atoms with Gasteiger partial charge in [-0.2, -0.15) is 9.78 Å². The summed E-state index contributed by atoms with van der Waals surface area (Å²) in [7, 11) is 1.39. The molecular weight excluding hydrogens is 515 g/mol. The first kappa shape index (κ1) is 26.9. The van der Waals surface area contributed by atoms with Crippen LogP contribution in [0.3, 0.4) is 0 Å². The van der Waals surface area contributed by atoms with Crippen molar-refractivity contribution in [3.63, 3.8) is 0 Å². The van der Waals surface area contributed by atoms with Crippen molar-refractivity contribution in [2.75, 3.05) is 25.6 Å². The van der Waals surface area contributed by atoms with Gasteiger partial charge in [-0.15, -0.1) is 5.10 Å². The van der Waals surface area contributed by atoms with Crippen molar-refractivity contribution in [3.05, 3.63) is 81.4 Å². The number of aromatic carboxylic acids is 1. The van der Waals surface area contributed by atoms with Crippen LogP contribution in [-0.2, 0) is 0 Å². The van der Waals surface area contributed by atoms with Crippen LogP contribution in [0.5, 0.6) is 11.5 Å². The van der Waals surface area contributed by atoms with Crippen LogP contribution in [0.2, 0.25) is 0 Å². The molecule has 39 heavy (non-hydrogen) atoms. The molecule has 0 aliphatic heterocycles. The molecule has 1 atom stereocenters. The van der Waals surface area contributed by atoms with Crippen molar-refractivity contribution in [2.24, 2.45) is 5.73 Å². The summed E-state index contributed by atoms with van der Waals surface area (Å²) in [6.07, 6.45) is 1.30. The van der Waals surface area contributed by atoms with Crippen LogP contribution in [0.4, 0.5) is 10.1 Å². The molecule has 0 aliphatic carbocycles. The molecule has 0 bridgehead atoms. The Morgan fingerprint density at radius 2 is 2.05 bits per heavy atom. The van der Waals surface area contributed by atoms with E-state index in [0.29, 0.717) is 11.3 Å². The highest BCUT2D eigenvalue weighted by Gasteiger charge is 2.28. The largest absolute Gasteiger partial charge is 0.497 e. The van der Waals surface area contributed by atoms with E-state index in [9.17, 15) is 14.7 Å². The van der Waals surface area contributed by atoms with E-state index in [1.54, 1.807) is 24.3 Å². The molecule has 204 valence electrons. The first-order chi connectivity index (χ1) is 18.7. The molecule has 14 nitrogen and oxygen atoms in total. The number of nitrogens with one attached hydrogen (secondary N) is 4. The monoisotopic (exact) mass is 540 g/mol. The lowest BCUT2D eigenvalue weighted by Crippen LogP contribution is -2.18. The fraction of sp³-hybridized carbons (Fsp3) is 0.208. The lowest BCUT2D eigenvalue weighted by Gasteiger charge is -2.21. The second-order valence-electron chi connectivity index (χ2n) is 8.19. The van der Waals surface area contributed by atoms with Crippen molar-refractivity contribution in [1.82, 2.24) is 25.0 Å². The van der Waals surface area contributed by atoms with Crippen LogP contribution < -0.4 is 26.2 Å². The molecule has 0 radical (unpaired) electrons. The average Bonchev–Trinajstić information content (AvgIpc) is 3.55. The summed E-state index contributed by atoms with van der Waals surface area (Å²) >= 11 is 0. The Labute approximate surface area is 219 Å². The maximum Gasteiger partial charge on any atom is 0.349 e. The van der Waals surface area contributed by atoms with Crippen molar-refractivity contribution in [2.45, 2.75) is 12.5 Å². The number of benzene rings is 2. The number of carbonyl (C=O) groups is 1. The molecule has 0 spiro atoms. The van der Waals surface area contributed by atoms with Gasteiger partial charge in [0.05, 0.1) is 19.9 Å². The van der Waals surface area contributed by atoms with Gasteiger partial charge < -0.3 is 30.7 Å². The Hall–Kier alpha value is -5.18. The number of nitrogens with two attached hydrogens (primary N) is 1. The van der Waals surface area contributed by atoms with Crippen LogP contribution in [0.25, 0.3) is 5.82 Å². The van der Waals surface area contributed by atoms with Gasteiger partial charge in [0, 0.05) is 35.9 Å². The smallest absolute Gasteiger partial charge is 0.349 e. The number of nitrogen functional groups attached to an aromatic ring is 1. The Morgan fingerprint density at radius 1 is 1.31 bits per heavy atom. The summed E-state index contributed by atoms with van der Waals surface area (Å²) in [5, 5.41) is 39.5. The number of rotatable bonds is 12. The molecule has 0 saturated carbocycles. The van der Waals surface area contributed by atoms with Gasteiger partial charge in [-0.25, -0.2) is 14.0 Å². The van der Waals surface area contributed by atoms with Gasteiger partial charge in [0.25, 0.3) is 0 Å². The molecule has 2 aromatic heterocycles. The fourth-order valence-electron chi connectivity index (χ4n) is 3.70. The average molecular weight is 541 g/mol. The van der Waals surface area contributed by atoms with Crippen LogP contribution in [-0.4, -0.2) is 67.3 Å². The Kier molecular flexibility index (Phi) is 7.90. The van der Waals surface area contributed by atoms with E-state index in [0.717, 1.165) is 10.9 Å². The normalized spacial score (nSPS) is 11.7. The number of anilines is 1. The molecule has 0 amide bonds. The van der Waals surface area contributed by atoms with Crippen LogP contribution in [0, 0.1) is 11.2 Å². The van der Waals surface area contributed by atoms with Gasteiger partial charge in [-0.1, -0.05) is 0 Å². The van der Waals surface area contributed by atoms with Crippen LogP contribution in [0.15, 0.2) is 47.4 Å². The van der Waals surface area contributed by atoms with Gasteiger partial charge in [0.2, 0.25) is 0 Å². The lowest BCUT2D eigenvalue weighted by atomic mass is 10.0. The number of methoxy groups -OCH3 is 1. The SMILES string of the molecule is COc1cc(OCCCO)c(F)c(C(Nc2ccc(C(=N)N)cc2)c2nn(-c3[nH]ncc3C(=O)O)c(=O)[nH]2)c1. The number of halogens is 1. The second kappa shape index (κ2) is 11.5. The minimum Gasteiger partial charge on any atom is -0.497 e. The molecule has 4 aromatic rings.